The van der Waals surface area contributed by atoms with E-state index >= 15 is 0 Å². The molecule has 0 radical (unpaired) electrons. The number of aromatic nitrogens is 2. The van der Waals surface area contributed by atoms with Gasteiger partial charge in [-0.2, -0.15) is 4.98 Å². The second kappa shape index (κ2) is 27.9. The second-order valence-electron chi connectivity index (χ2n) is 13.9. The predicted octanol–water partition coefficient (Wildman–Crippen LogP) is 5.75. The number of esters is 1. The third kappa shape index (κ3) is 19.7. The number of hydrogen-bond donors (Lipinski definition) is 5. The number of nitrogens with zero attached hydrogens (tertiary/aromatic N) is 2. The van der Waals surface area contributed by atoms with Crippen molar-refractivity contribution in [1.82, 2.24) is 30.8 Å². The van der Waals surface area contributed by atoms with Crippen molar-refractivity contribution >= 4 is 29.5 Å². The first-order valence-corrected chi connectivity index (χ1v) is 21.3. The smallest absolute Gasteiger partial charge is 0.351 e. The Bertz CT molecular complexity index is 1530. The van der Waals surface area contributed by atoms with E-state index in [2.05, 4.69) is 80.1 Å². The van der Waals surface area contributed by atoms with Crippen molar-refractivity contribution in [3.8, 4) is 0 Å². The molecule has 2 heterocycles. The molecule has 55 heavy (non-hydrogen) atoms. The molecule has 0 aliphatic carbocycles. The number of carbonyl (C=O) groups is 2. The molecular weight excluding hydrogens is 715 g/mol. The summed E-state index contributed by atoms with van der Waals surface area (Å²) in [5.41, 5.74) is 1.78. The average molecular weight is 778 g/mol. The molecular formula is C42H63N7O5S. The lowest BCUT2D eigenvalue weighted by molar-refractivity contribution is -0.147. The van der Waals surface area contributed by atoms with Crippen LogP contribution in [-0.4, -0.2) is 78.5 Å². The van der Waals surface area contributed by atoms with E-state index in [1.54, 1.807) is 12.3 Å². The maximum Gasteiger partial charge on any atom is 0.351 e. The Morgan fingerprint density at radius 3 is 1.78 bits per heavy atom. The quantitative estimate of drug-likeness (QED) is 0.0417. The number of nitrogens with one attached hydrogen (secondary N) is 5. The van der Waals surface area contributed by atoms with E-state index in [0.29, 0.717) is 18.6 Å². The van der Waals surface area contributed by atoms with Gasteiger partial charge in [-0.1, -0.05) is 73.5 Å². The molecule has 1 amide bonds. The van der Waals surface area contributed by atoms with Gasteiger partial charge >= 0.3 is 11.7 Å². The largest absolute Gasteiger partial charge is 0.462 e. The number of carbonyl (C=O) groups excluding carboxylic acids is 2. The molecule has 1 aliphatic rings. The van der Waals surface area contributed by atoms with Crippen LogP contribution < -0.4 is 32.3 Å². The van der Waals surface area contributed by atoms with Crippen LogP contribution in [0.4, 0.5) is 5.82 Å². The Balaban J connectivity index is 0.934. The van der Waals surface area contributed by atoms with Crippen molar-refractivity contribution in [3.63, 3.8) is 0 Å². The number of unbranched alkanes of at least 4 members (excludes halogenated alkanes) is 6. The zero-order chi connectivity index (χ0) is 38.6. The van der Waals surface area contributed by atoms with Crippen LogP contribution in [0.3, 0.4) is 0 Å². The van der Waals surface area contributed by atoms with E-state index in [-0.39, 0.29) is 29.7 Å². The lowest BCUT2D eigenvalue weighted by atomic mass is 10.2. The Morgan fingerprint density at radius 2 is 1.22 bits per heavy atom. The summed E-state index contributed by atoms with van der Waals surface area (Å²) >= 11 is 1.50. The molecule has 0 saturated carbocycles. The molecule has 302 valence electrons. The highest BCUT2D eigenvalue weighted by Gasteiger charge is 2.29. The van der Waals surface area contributed by atoms with Crippen LogP contribution >= 0.6 is 11.8 Å². The lowest BCUT2D eigenvalue weighted by Gasteiger charge is -2.15. The molecule has 2 aromatic carbocycles. The Kier molecular flexibility index (Phi) is 22.4. The Morgan fingerprint density at radius 1 is 0.691 bits per heavy atom. The lowest BCUT2D eigenvalue weighted by Crippen LogP contribution is -2.29. The molecule has 1 fully saturated rings. The third-order valence-corrected chi connectivity index (χ3v) is 10.4. The first kappa shape index (κ1) is 44.1. The van der Waals surface area contributed by atoms with Crippen molar-refractivity contribution in [2.45, 2.75) is 102 Å². The van der Waals surface area contributed by atoms with Gasteiger partial charge in [0.05, 0.1) is 0 Å². The van der Waals surface area contributed by atoms with E-state index < -0.39 is 11.9 Å². The summed E-state index contributed by atoms with van der Waals surface area (Å²) in [6, 6.07) is 22.5. The molecule has 0 unspecified atom stereocenters. The van der Waals surface area contributed by atoms with Crippen LogP contribution in [0.1, 0.15) is 94.4 Å². The number of rotatable bonds is 30. The van der Waals surface area contributed by atoms with Crippen molar-refractivity contribution in [3.05, 3.63) is 94.5 Å². The van der Waals surface area contributed by atoms with Gasteiger partial charge in [-0.05, 0) is 108 Å². The van der Waals surface area contributed by atoms with Crippen LogP contribution in [0.5, 0.6) is 0 Å². The number of benzene rings is 2. The van der Waals surface area contributed by atoms with Gasteiger partial charge in [-0.15, -0.1) is 11.8 Å². The molecule has 12 nitrogen and oxygen atoms in total. The van der Waals surface area contributed by atoms with E-state index in [0.717, 1.165) is 117 Å². The van der Waals surface area contributed by atoms with E-state index in [4.69, 9.17) is 9.47 Å². The normalized spacial score (nSPS) is 15.3. The summed E-state index contributed by atoms with van der Waals surface area (Å²) in [4.78, 5) is 41.5. The maximum atomic E-state index is 12.7. The highest BCUT2D eigenvalue weighted by atomic mass is 32.2. The Hall–Kier alpha value is -3.59. The predicted molar refractivity (Wildman–Crippen MR) is 222 cm³/mol. The van der Waals surface area contributed by atoms with E-state index in [9.17, 15) is 14.4 Å². The van der Waals surface area contributed by atoms with Crippen molar-refractivity contribution in [1.29, 1.82) is 0 Å². The monoisotopic (exact) mass is 777 g/mol. The summed E-state index contributed by atoms with van der Waals surface area (Å²) in [6.45, 7) is 7.89. The van der Waals surface area contributed by atoms with Crippen LogP contribution in [0, 0.1) is 0 Å². The maximum absolute atomic E-state index is 12.7. The van der Waals surface area contributed by atoms with E-state index in [1.807, 2.05) is 12.1 Å². The molecule has 3 aromatic rings. The molecule has 0 bridgehead atoms. The minimum absolute atomic E-state index is 0.140. The molecule has 4 rings (SSSR count). The summed E-state index contributed by atoms with van der Waals surface area (Å²) in [5, 5.41) is 16.7. The third-order valence-electron chi connectivity index (χ3n) is 9.27. The number of anilines is 1. The molecule has 13 heteroatoms. The Labute approximate surface area is 331 Å². The van der Waals surface area contributed by atoms with Crippen molar-refractivity contribution in [2.24, 2.45) is 0 Å². The number of ether oxygens (including phenoxy) is 2. The highest BCUT2D eigenvalue weighted by molar-refractivity contribution is 8.00. The van der Waals surface area contributed by atoms with Gasteiger partial charge in [0.2, 0.25) is 5.91 Å². The standard InChI is InChI=1S/C42H63N7O5S/c50-38(21-9-3-11-24-43-26-13-15-28-45-31-35-17-5-1-6-18-35)47-37-23-30-49(42(52)48-37)39-34-55-41(54-39)33-53-40(51)22-10-4-12-25-44-27-14-16-29-46-32-36-19-7-2-8-20-36/h1-2,5-8,17-20,23,30,39,41,43-46H,3-4,9-16,21-22,24-29,31-34H2,(H,47,48,50,52)/t39-,41-/m1/s1. The molecule has 0 spiro atoms. The van der Waals surface area contributed by atoms with Gasteiger partial charge in [-0.3, -0.25) is 14.2 Å². The van der Waals surface area contributed by atoms with Crippen molar-refractivity contribution < 1.29 is 19.1 Å². The summed E-state index contributed by atoms with van der Waals surface area (Å²) in [7, 11) is 0. The minimum atomic E-state index is -0.513. The molecule has 2 atom stereocenters. The molecule has 5 N–H and O–H groups in total. The molecule has 1 saturated heterocycles. The fourth-order valence-electron chi connectivity index (χ4n) is 6.13. The molecule has 1 aliphatic heterocycles. The topological polar surface area (TPSA) is 148 Å². The van der Waals surface area contributed by atoms with Crippen LogP contribution in [-0.2, 0) is 32.2 Å². The van der Waals surface area contributed by atoms with Crippen LogP contribution in [0.25, 0.3) is 0 Å². The van der Waals surface area contributed by atoms with Gasteiger partial charge in [-0.25, -0.2) is 4.79 Å². The van der Waals surface area contributed by atoms with Gasteiger partial charge in [0.15, 0.2) is 0 Å². The molecule has 1 aromatic heterocycles. The van der Waals surface area contributed by atoms with Gasteiger partial charge in [0.1, 0.15) is 24.1 Å². The highest BCUT2D eigenvalue weighted by Crippen LogP contribution is 2.31. The number of thioether (sulfide) groups is 1. The van der Waals surface area contributed by atoms with Crippen LogP contribution in [0.2, 0.25) is 0 Å². The first-order chi connectivity index (χ1) is 27.1. The van der Waals surface area contributed by atoms with Crippen molar-refractivity contribution in [2.75, 3.05) is 56.9 Å². The number of hydrogen-bond acceptors (Lipinski definition) is 11. The van der Waals surface area contributed by atoms with Gasteiger partial charge in [0.25, 0.3) is 0 Å². The number of amides is 1. The van der Waals surface area contributed by atoms with Gasteiger partial charge in [0, 0.05) is 37.9 Å². The fraction of sp³-hybridized carbons (Fsp3) is 0.571. The van der Waals surface area contributed by atoms with E-state index in [1.165, 1.54) is 27.5 Å². The zero-order valence-electron chi connectivity index (χ0n) is 32.5. The summed E-state index contributed by atoms with van der Waals surface area (Å²) < 4.78 is 12.8. The minimum Gasteiger partial charge on any atom is -0.462 e. The summed E-state index contributed by atoms with van der Waals surface area (Å²) in [6.07, 6.45) is 11.9. The average Bonchev–Trinajstić information content (AvgIpc) is 3.67. The first-order valence-electron chi connectivity index (χ1n) is 20.3. The van der Waals surface area contributed by atoms with Gasteiger partial charge < -0.3 is 36.1 Å². The zero-order valence-corrected chi connectivity index (χ0v) is 33.3. The SMILES string of the molecule is O=C(CCCCCNCCCCNCc1ccccc1)Nc1ccn([C@H]2CS[C@H](COC(=O)CCCCCNCCCCNCc3ccccc3)O2)c(=O)n1. The van der Waals surface area contributed by atoms with Crippen LogP contribution in [0.15, 0.2) is 77.7 Å². The fourth-order valence-corrected chi connectivity index (χ4v) is 7.12. The second-order valence-corrected chi connectivity index (χ2v) is 15.1. The summed E-state index contributed by atoms with van der Waals surface area (Å²) in [5.74, 6) is 0.392.